The lowest BCUT2D eigenvalue weighted by Gasteiger charge is -2.18. The van der Waals surface area contributed by atoms with Crippen LogP contribution in [0.2, 0.25) is 0 Å². The van der Waals surface area contributed by atoms with Crippen molar-refractivity contribution in [2.24, 2.45) is 0 Å². The number of hydrazine groups is 1. The van der Waals surface area contributed by atoms with Gasteiger partial charge in [-0.25, -0.2) is 10.4 Å². The SMILES string of the molecule is CN1NC12CCCOC2. The maximum atomic E-state index is 5.31. The van der Waals surface area contributed by atoms with E-state index in [9.17, 15) is 0 Å². The van der Waals surface area contributed by atoms with Gasteiger partial charge in [-0.2, -0.15) is 0 Å². The second kappa shape index (κ2) is 1.68. The van der Waals surface area contributed by atoms with Gasteiger partial charge in [0.25, 0.3) is 0 Å². The van der Waals surface area contributed by atoms with E-state index in [0.29, 0.717) is 0 Å². The van der Waals surface area contributed by atoms with E-state index in [1.54, 1.807) is 0 Å². The van der Waals surface area contributed by atoms with Crippen LogP contribution in [0.5, 0.6) is 0 Å². The standard InChI is InChI=1S/C6H12N2O/c1-8-6(7-8)3-2-4-9-5-6/h7H,2-5H2,1H3. The normalized spacial score (nSPS) is 49.7. The van der Waals surface area contributed by atoms with E-state index < -0.39 is 0 Å². The van der Waals surface area contributed by atoms with E-state index in [-0.39, 0.29) is 5.66 Å². The lowest BCUT2D eigenvalue weighted by molar-refractivity contribution is 0.0556. The van der Waals surface area contributed by atoms with Crippen molar-refractivity contribution in [2.75, 3.05) is 20.3 Å². The van der Waals surface area contributed by atoms with Crippen LogP contribution in [0.1, 0.15) is 12.8 Å². The summed E-state index contributed by atoms with van der Waals surface area (Å²) in [7, 11) is 2.06. The van der Waals surface area contributed by atoms with Crippen LogP contribution >= 0.6 is 0 Å². The van der Waals surface area contributed by atoms with Crippen molar-refractivity contribution >= 4 is 0 Å². The Hall–Kier alpha value is -0.120. The minimum Gasteiger partial charge on any atom is -0.378 e. The van der Waals surface area contributed by atoms with Crippen molar-refractivity contribution in [3.05, 3.63) is 0 Å². The molecule has 2 rings (SSSR count). The average Bonchev–Trinajstić information content (AvgIpc) is 2.44. The Morgan fingerprint density at radius 1 is 1.67 bits per heavy atom. The molecule has 1 N–H and O–H groups in total. The van der Waals surface area contributed by atoms with E-state index in [0.717, 1.165) is 13.2 Å². The lowest BCUT2D eigenvalue weighted by atomic mass is 10.1. The Morgan fingerprint density at radius 3 is 2.78 bits per heavy atom. The largest absolute Gasteiger partial charge is 0.378 e. The van der Waals surface area contributed by atoms with Crippen molar-refractivity contribution in [2.45, 2.75) is 18.5 Å². The second-order valence-electron chi connectivity index (χ2n) is 2.86. The van der Waals surface area contributed by atoms with Crippen LogP contribution in [-0.4, -0.2) is 30.9 Å². The first-order valence-corrected chi connectivity index (χ1v) is 3.43. The highest BCUT2D eigenvalue weighted by Crippen LogP contribution is 2.30. The average molecular weight is 128 g/mol. The fourth-order valence-corrected chi connectivity index (χ4v) is 1.42. The number of nitrogens with zero attached hydrogens (tertiary/aromatic N) is 1. The summed E-state index contributed by atoms with van der Waals surface area (Å²) in [6.45, 7) is 1.81. The van der Waals surface area contributed by atoms with Crippen LogP contribution in [0, 0.1) is 0 Å². The first-order valence-electron chi connectivity index (χ1n) is 3.43. The summed E-state index contributed by atoms with van der Waals surface area (Å²) < 4.78 is 5.31. The summed E-state index contributed by atoms with van der Waals surface area (Å²) in [5.41, 5.74) is 3.50. The van der Waals surface area contributed by atoms with Crippen LogP contribution in [0.15, 0.2) is 0 Å². The third-order valence-corrected chi connectivity index (χ3v) is 2.19. The fourth-order valence-electron chi connectivity index (χ4n) is 1.42. The zero-order valence-electron chi connectivity index (χ0n) is 5.68. The third-order valence-electron chi connectivity index (χ3n) is 2.19. The molecule has 2 atom stereocenters. The molecule has 0 aromatic rings. The van der Waals surface area contributed by atoms with Gasteiger partial charge in [0.15, 0.2) is 0 Å². The summed E-state index contributed by atoms with van der Waals surface area (Å²) >= 11 is 0. The van der Waals surface area contributed by atoms with Gasteiger partial charge in [0.1, 0.15) is 5.66 Å². The van der Waals surface area contributed by atoms with Crippen LogP contribution in [0.3, 0.4) is 0 Å². The molecule has 0 radical (unpaired) electrons. The number of rotatable bonds is 0. The molecule has 52 valence electrons. The Labute approximate surface area is 54.9 Å². The molecule has 0 bridgehead atoms. The molecule has 2 saturated heterocycles. The zero-order chi connectivity index (χ0) is 6.32. The summed E-state index contributed by atoms with van der Waals surface area (Å²) in [5.74, 6) is 0. The van der Waals surface area contributed by atoms with Gasteiger partial charge in [0.05, 0.1) is 6.61 Å². The number of hydrogen-bond donors (Lipinski definition) is 1. The Kier molecular flexibility index (Phi) is 1.06. The molecule has 0 aliphatic carbocycles. The molecule has 2 aliphatic heterocycles. The van der Waals surface area contributed by atoms with E-state index in [1.807, 2.05) is 0 Å². The lowest BCUT2D eigenvalue weighted by Crippen LogP contribution is -2.30. The van der Waals surface area contributed by atoms with Crippen LogP contribution < -0.4 is 5.43 Å². The predicted octanol–water partition coefficient (Wildman–Crippen LogP) is -0.0569. The smallest absolute Gasteiger partial charge is 0.120 e. The van der Waals surface area contributed by atoms with Gasteiger partial charge in [-0.05, 0) is 12.8 Å². The van der Waals surface area contributed by atoms with Gasteiger partial charge in [-0.1, -0.05) is 0 Å². The highest BCUT2D eigenvalue weighted by molar-refractivity contribution is 4.97. The monoisotopic (exact) mass is 128 g/mol. The highest BCUT2D eigenvalue weighted by atomic mass is 16.5. The van der Waals surface area contributed by atoms with Crippen LogP contribution in [-0.2, 0) is 4.74 Å². The maximum absolute atomic E-state index is 5.31. The van der Waals surface area contributed by atoms with E-state index >= 15 is 0 Å². The Morgan fingerprint density at radius 2 is 2.44 bits per heavy atom. The highest BCUT2D eigenvalue weighted by Gasteiger charge is 2.49. The first kappa shape index (κ1) is 5.65. The third kappa shape index (κ3) is 0.764. The van der Waals surface area contributed by atoms with Crippen molar-refractivity contribution in [3.8, 4) is 0 Å². The molecule has 2 aliphatic rings. The molecular weight excluding hydrogens is 116 g/mol. The summed E-state index contributed by atoms with van der Waals surface area (Å²) in [5, 5.41) is 2.13. The summed E-state index contributed by atoms with van der Waals surface area (Å²) in [6, 6.07) is 0. The molecule has 0 saturated carbocycles. The number of hydrogen-bond acceptors (Lipinski definition) is 3. The zero-order valence-corrected chi connectivity index (χ0v) is 5.68. The fraction of sp³-hybridized carbons (Fsp3) is 1.00. The second-order valence-corrected chi connectivity index (χ2v) is 2.86. The van der Waals surface area contributed by atoms with E-state index in [2.05, 4.69) is 17.5 Å². The van der Waals surface area contributed by atoms with Gasteiger partial charge in [0, 0.05) is 13.7 Å². The van der Waals surface area contributed by atoms with Crippen LogP contribution in [0.4, 0.5) is 0 Å². The molecule has 2 fully saturated rings. The number of ether oxygens (including phenoxy) is 1. The van der Waals surface area contributed by atoms with Crippen molar-refractivity contribution in [1.82, 2.24) is 10.4 Å². The molecule has 2 heterocycles. The topological polar surface area (TPSA) is 34.2 Å². The van der Waals surface area contributed by atoms with Gasteiger partial charge < -0.3 is 4.74 Å². The van der Waals surface area contributed by atoms with E-state index in [1.165, 1.54) is 12.8 Å². The number of likely N-dealkylation sites (N-methyl/N-ethyl adjacent to an activating group) is 1. The Balaban J connectivity index is 1.97. The minimum atomic E-state index is 0.248. The minimum absolute atomic E-state index is 0.248. The Bertz CT molecular complexity index is 120. The molecule has 9 heavy (non-hydrogen) atoms. The van der Waals surface area contributed by atoms with Crippen molar-refractivity contribution in [3.63, 3.8) is 0 Å². The number of nitrogens with one attached hydrogen (secondary N) is 1. The molecular formula is C6H12N2O. The van der Waals surface area contributed by atoms with E-state index in [4.69, 9.17) is 4.74 Å². The van der Waals surface area contributed by atoms with Crippen molar-refractivity contribution in [1.29, 1.82) is 0 Å². The quantitative estimate of drug-likeness (QED) is 0.464. The van der Waals surface area contributed by atoms with Gasteiger partial charge >= 0.3 is 0 Å². The maximum Gasteiger partial charge on any atom is 0.120 e. The molecule has 3 heteroatoms. The first-order chi connectivity index (χ1) is 4.33. The molecule has 0 aromatic heterocycles. The molecule has 0 aromatic carbocycles. The summed E-state index contributed by atoms with van der Waals surface area (Å²) in [4.78, 5) is 0. The molecule has 0 amide bonds. The van der Waals surface area contributed by atoms with Gasteiger partial charge in [-0.15, -0.1) is 0 Å². The van der Waals surface area contributed by atoms with Crippen LogP contribution in [0.25, 0.3) is 0 Å². The van der Waals surface area contributed by atoms with Gasteiger partial charge in [0.2, 0.25) is 0 Å². The molecule has 3 nitrogen and oxygen atoms in total. The predicted molar refractivity (Wildman–Crippen MR) is 33.7 cm³/mol. The summed E-state index contributed by atoms with van der Waals surface area (Å²) in [6.07, 6.45) is 2.43. The van der Waals surface area contributed by atoms with Gasteiger partial charge in [-0.3, -0.25) is 0 Å². The molecule has 2 unspecified atom stereocenters. The molecule has 1 spiro atoms. The van der Waals surface area contributed by atoms with Crippen molar-refractivity contribution < 1.29 is 4.74 Å².